The minimum Gasteiger partial charge on any atom is -0.389 e. The lowest BCUT2D eigenvalue weighted by molar-refractivity contribution is 0.0236. The fourth-order valence-electron chi connectivity index (χ4n) is 1.37. The first-order valence-electron chi connectivity index (χ1n) is 4.93. The number of rotatable bonds is 6. The number of hydrogen-bond donors (Lipinski definition) is 3. The van der Waals surface area contributed by atoms with Crippen molar-refractivity contribution in [1.29, 1.82) is 0 Å². The highest BCUT2D eigenvalue weighted by molar-refractivity contribution is 4.80. The van der Waals surface area contributed by atoms with Crippen LogP contribution in [0.5, 0.6) is 0 Å². The van der Waals surface area contributed by atoms with Crippen LogP contribution in [0.1, 0.15) is 20.8 Å². The Bertz CT molecular complexity index is 162. The van der Waals surface area contributed by atoms with Crippen LogP contribution in [0, 0.1) is 0 Å². The summed E-state index contributed by atoms with van der Waals surface area (Å²) in [4.78, 5) is 1.94. The summed E-state index contributed by atoms with van der Waals surface area (Å²) in [6.45, 7) is 6.82. The van der Waals surface area contributed by atoms with Crippen LogP contribution in [0.4, 0.5) is 0 Å². The third kappa shape index (κ3) is 8.44. The van der Waals surface area contributed by atoms with Gasteiger partial charge in [-0.3, -0.25) is 0 Å². The van der Waals surface area contributed by atoms with E-state index in [4.69, 9.17) is 0 Å². The van der Waals surface area contributed by atoms with Gasteiger partial charge < -0.3 is 20.4 Å². The van der Waals surface area contributed by atoms with Gasteiger partial charge in [-0.15, -0.1) is 0 Å². The number of hydrogen-bond acceptors (Lipinski definition) is 4. The lowest BCUT2D eigenvalue weighted by atomic mass is 10.1. The van der Waals surface area contributed by atoms with Crippen LogP contribution in [0.25, 0.3) is 0 Å². The molecule has 0 aliphatic carbocycles. The summed E-state index contributed by atoms with van der Waals surface area (Å²) in [6, 6.07) is 0. The third-order valence-corrected chi connectivity index (χ3v) is 1.72. The maximum Gasteiger partial charge on any atom is 0.0869 e. The molecular weight excluding hydrogens is 180 g/mol. The first kappa shape index (κ1) is 13.8. The summed E-state index contributed by atoms with van der Waals surface area (Å²) < 4.78 is 0. The summed E-state index contributed by atoms with van der Waals surface area (Å²) in [5.41, 5.74) is -1.48. The minimum atomic E-state index is -0.755. The van der Waals surface area contributed by atoms with Crippen LogP contribution >= 0.6 is 0 Å². The minimum absolute atomic E-state index is 0.481. The molecule has 0 spiro atoms. The van der Waals surface area contributed by atoms with E-state index in [9.17, 15) is 10.2 Å². The van der Waals surface area contributed by atoms with E-state index in [2.05, 4.69) is 5.32 Å². The van der Waals surface area contributed by atoms with Crippen molar-refractivity contribution in [2.75, 3.05) is 33.7 Å². The molecule has 0 saturated carbocycles. The van der Waals surface area contributed by atoms with Crippen molar-refractivity contribution in [2.45, 2.75) is 32.0 Å². The molecule has 0 radical (unpaired) electrons. The summed E-state index contributed by atoms with van der Waals surface area (Å²) in [5.74, 6) is 0. The second-order valence-electron chi connectivity index (χ2n) is 5.15. The van der Waals surface area contributed by atoms with Crippen molar-refractivity contribution in [3.05, 3.63) is 0 Å². The molecule has 0 saturated heterocycles. The zero-order valence-electron chi connectivity index (χ0n) is 9.96. The van der Waals surface area contributed by atoms with E-state index in [0.717, 1.165) is 0 Å². The highest BCUT2D eigenvalue weighted by Gasteiger charge is 2.22. The van der Waals surface area contributed by atoms with E-state index in [0.29, 0.717) is 19.6 Å². The lowest BCUT2D eigenvalue weighted by Crippen LogP contribution is -2.48. The molecule has 1 atom stereocenters. The summed E-state index contributed by atoms with van der Waals surface area (Å²) in [7, 11) is 3.84. The molecule has 0 aliphatic heterocycles. The van der Waals surface area contributed by atoms with Crippen LogP contribution in [-0.2, 0) is 0 Å². The highest BCUT2D eigenvalue weighted by Crippen LogP contribution is 2.04. The summed E-state index contributed by atoms with van der Waals surface area (Å²) in [6.07, 6.45) is 0. The van der Waals surface area contributed by atoms with Gasteiger partial charge in [0.15, 0.2) is 0 Å². The van der Waals surface area contributed by atoms with Crippen LogP contribution in [0.15, 0.2) is 0 Å². The summed E-state index contributed by atoms with van der Waals surface area (Å²) >= 11 is 0. The van der Waals surface area contributed by atoms with Gasteiger partial charge in [0.2, 0.25) is 0 Å². The second kappa shape index (κ2) is 5.07. The fraction of sp³-hybridized carbons (Fsp3) is 1.00. The Hall–Kier alpha value is -0.160. The van der Waals surface area contributed by atoms with E-state index >= 15 is 0 Å². The maximum atomic E-state index is 9.90. The van der Waals surface area contributed by atoms with Gasteiger partial charge in [-0.05, 0) is 34.9 Å². The molecule has 0 rings (SSSR count). The van der Waals surface area contributed by atoms with Crippen LogP contribution < -0.4 is 5.32 Å². The molecular formula is C10H24N2O2. The van der Waals surface area contributed by atoms with Crippen LogP contribution in [0.3, 0.4) is 0 Å². The normalized spacial score (nSPS) is 17.1. The monoisotopic (exact) mass is 204 g/mol. The average Bonchev–Trinajstić information content (AvgIpc) is 1.78. The molecule has 0 aromatic rings. The molecule has 0 aliphatic rings. The molecule has 0 bridgehead atoms. The number of likely N-dealkylation sites (N-methyl/N-ethyl adjacent to an activating group) is 1. The Balaban J connectivity index is 3.76. The summed E-state index contributed by atoms with van der Waals surface area (Å²) in [5, 5.41) is 22.4. The van der Waals surface area contributed by atoms with E-state index in [1.807, 2.05) is 19.0 Å². The van der Waals surface area contributed by atoms with Gasteiger partial charge in [-0.1, -0.05) is 0 Å². The lowest BCUT2D eigenvalue weighted by Gasteiger charge is -2.28. The molecule has 3 N–H and O–H groups in total. The highest BCUT2D eigenvalue weighted by atomic mass is 16.3. The Morgan fingerprint density at radius 3 is 1.93 bits per heavy atom. The topological polar surface area (TPSA) is 55.7 Å². The van der Waals surface area contributed by atoms with Crippen LogP contribution in [-0.4, -0.2) is 60.0 Å². The van der Waals surface area contributed by atoms with Crippen LogP contribution in [0.2, 0.25) is 0 Å². The zero-order valence-corrected chi connectivity index (χ0v) is 9.96. The predicted molar refractivity (Wildman–Crippen MR) is 58.3 cm³/mol. The fourth-order valence-corrected chi connectivity index (χ4v) is 1.37. The van der Waals surface area contributed by atoms with E-state index < -0.39 is 11.2 Å². The Labute approximate surface area is 86.9 Å². The Morgan fingerprint density at radius 1 is 1.07 bits per heavy atom. The molecule has 14 heavy (non-hydrogen) atoms. The van der Waals surface area contributed by atoms with E-state index in [1.165, 1.54) is 0 Å². The van der Waals surface area contributed by atoms with Gasteiger partial charge in [-0.2, -0.15) is 0 Å². The number of nitrogens with zero attached hydrogens (tertiary/aromatic N) is 1. The number of nitrogens with one attached hydrogen (secondary N) is 1. The quantitative estimate of drug-likeness (QED) is 0.554. The molecule has 0 aromatic carbocycles. The van der Waals surface area contributed by atoms with Gasteiger partial charge in [-0.25, -0.2) is 0 Å². The molecule has 86 valence electrons. The second-order valence-corrected chi connectivity index (χ2v) is 5.15. The molecule has 4 heteroatoms. The third-order valence-electron chi connectivity index (χ3n) is 1.72. The Morgan fingerprint density at radius 2 is 1.57 bits per heavy atom. The first-order chi connectivity index (χ1) is 6.12. The van der Waals surface area contributed by atoms with Crippen molar-refractivity contribution >= 4 is 0 Å². The van der Waals surface area contributed by atoms with Gasteiger partial charge in [0.05, 0.1) is 11.2 Å². The maximum absolute atomic E-state index is 9.90. The molecule has 1 unspecified atom stereocenters. The van der Waals surface area contributed by atoms with Gasteiger partial charge in [0.25, 0.3) is 0 Å². The first-order valence-corrected chi connectivity index (χ1v) is 4.93. The molecule has 0 aromatic heterocycles. The van der Waals surface area contributed by atoms with Crippen molar-refractivity contribution in [3.63, 3.8) is 0 Å². The molecule has 0 heterocycles. The van der Waals surface area contributed by atoms with Gasteiger partial charge in [0, 0.05) is 19.6 Å². The van der Waals surface area contributed by atoms with Crippen molar-refractivity contribution in [2.24, 2.45) is 0 Å². The largest absolute Gasteiger partial charge is 0.389 e. The van der Waals surface area contributed by atoms with Crippen molar-refractivity contribution in [1.82, 2.24) is 10.2 Å². The van der Waals surface area contributed by atoms with Gasteiger partial charge in [0.1, 0.15) is 0 Å². The van der Waals surface area contributed by atoms with Crippen molar-refractivity contribution in [3.8, 4) is 0 Å². The van der Waals surface area contributed by atoms with Gasteiger partial charge >= 0.3 is 0 Å². The van der Waals surface area contributed by atoms with E-state index in [1.54, 1.807) is 20.8 Å². The van der Waals surface area contributed by atoms with Crippen molar-refractivity contribution < 1.29 is 10.2 Å². The molecule has 4 nitrogen and oxygen atoms in total. The number of aliphatic hydroxyl groups is 2. The SMILES string of the molecule is CN(C)CC(C)(O)CNCC(C)(C)O. The smallest absolute Gasteiger partial charge is 0.0869 e. The average molecular weight is 204 g/mol. The molecule has 0 amide bonds. The molecule has 0 fully saturated rings. The zero-order chi connectivity index (χ0) is 11.4. The van der Waals surface area contributed by atoms with E-state index in [-0.39, 0.29) is 0 Å². The Kier molecular flexibility index (Phi) is 5.01. The standard InChI is InChI=1S/C10H24N2O2/c1-9(2,13)6-11-7-10(3,14)8-12(4)5/h11,13-14H,6-8H2,1-5H3. The predicted octanol–water partition coefficient (Wildman–Crippen LogP) is -0.340.